The number of carbonyl (C=O) groups is 3. The fourth-order valence-electron chi connectivity index (χ4n) is 3.24. The first kappa shape index (κ1) is 16.8. The molecular formula is C20H18N2O3S. The summed E-state index contributed by atoms with van der Waals surface area (Å²) in [5.41, 5.74) is 4.00. The van der Waals surface area contributed by atoms with Crippen LogP contribution in [0.25, 0.3) is 11.1 Å². The van der Waals surface area contributed by atoms with Crippen molar-refractivity contribution in [3.63, 3.8) is 0 Å². The third-order valence-corrected chi connectivity index (χ3v) is 5.65. The van der Waals surface area contributed by atoms with Crippen LogP contribution < -0.4 is 0 Å². The molecule has 6 heteroatoms. The molecule has 4 rings (SSSR count). The summed E-state index contributed by atoms with van der Waals surface area (Å²) in [5.74, 6) is -0.00738. The van der Waals surface area contributed by atoms with Gasteiger partial charge in [-0.15, -0.1) is 0 Å². The first-order chi connectivity index (χ1) is 12.5. The third kappa shape index (κ3) is 3.01. The van der Waals surface area contributed by atoms with Crippen LogP contribution in [0, 0.1) is 6.92 Å². The minimum atomic E-state index is -0.199. The van der Waals surface area contributed by atoms with E-state index in [0.717, 1.165) is 22.9 Å². The summed E-state index contributed by atoms with van der Waals surface area (Å²) in [4.78, 5) is 39.0. The van der Waals surface area contributed by atoms with Crippen LogP contribution in [-0.2, 0) is 4.79 Å². The number of likely N-dealkylation sites (tertiary alicyclic amines) is 1. The molecule has 2 heterocycles. The SMILES string of the molecule is Cc1ccc(-c2ccc(C(=O)N3CC(N4C(=O)CSC4=O)C3)cc2)cc1. The van der Waals surface area contributed by atoms with Crippen LogP contribution in [0.3, 0.4) is 0 Å². The number of thioether (sulfide) groups is 1. The second kappa shape index (κ2) is 6.61. The van der Waals surface area contributed by atoms with Crippen LogP contribution >= 0.6 is 11.8 Å². The van der Waals surface area contributed by atoms with Crippen LogP contribution in [0.4, 0.5) is 4.79 Å². The van der Waals surface area contributed by atoms with Gasteiger partial charge in [-0.05, 0) is 30.2 Å². The Morgan fingerprint density at radius 2 is 1.54 bits per heavy atom. The van der Waals surface area contributed by atoms with E-state index in [-0.39, 0.29) is 28.8 Å². The van der Waals surface area contributed by atoms with Gasteiger partial charge in [0.2, 0.25) is 5.91 Å². The van der Waals surface area contributed by atoms with Gasteiger partial charge in [0.15, 0.2) is 0 Å². The minimum absolute atomic E-state index is 0.0662. The average Bonchev–Trinajstić information content (AvgIpc) is 2.94. The Bertz CT molecular complexity index is 855. The first-order valence-electron chi connectivity index (χ1n) is 8.48. The van der Waals surface area contributed by atoms with Crippen LogP contribution in [0.2, 0.25) is 0 Å². The average molecular weight is 366 g/mol. The van der Waals surface area contributed by atoms with E-state index in [0.29, 0.717) is 18.7 Å². The summed E-state index contributed by atoms with van der Waals surface area (Å²) >= 11 is 1.03. The van der Waals surface area contributed by atoms with E-state index in [1.54, 1.807) is 4.90 Å². The summed E-state index contributed by atoms with van der Waals surface area (Å²) in [6.45, 7) is 2.88. The van der Waals surface area contributed by atoms with E-state index in [9.17, 15) is 14.4 Å². The molecule has 0 atom stereocenters. The highest BCUT2D eigenvalue weighted by atomic mass is 32.2. The number of carbonyl (C=O) groups excluding carboxylic acids is 3. The topological polar surface area (TPSA) is 57.7 Å². The summed E-state index contributed by atoms with van der Waals surface area (Å²) in [6, 6.07) is 15.6. The van der Waals surface area contributed by atoms with Gasteiger partial charge in [0.1, 0.15) is 0 Å². The standard InChI is InChI=1S/C20H18N2O3S/c1-13-2-4-14(5-3-13)15-6-8-16(9-7-15)19(24)21-10-17(11-21)22-18(23)12-26-20(22)25/h2-9,17H,10-12H2,1H3. The molecule has 0 aliphatic carbocycles. The van der Waals surface area contributed by atoms with Gasteiger partial charge in [0.05, 0.1) is 11.8 Å². The van der Waals surface area contributed by atoms with E-state index in [2.05, 4.69) is 24.3 Å². The molecule has 2 saturated heterocycles. The maximum atomic E-state index is 12.6. The Labute approximate surface area is 156 Å². The predicted octanol–water partition coefficient (Wildman–Crippen LogP) is 3.18. The van der Waals surface area contributed by atoms with Gasteiger partial charge >= 0.3 is 0 Å². The fraction of sp³-hybridized carbons (Fsp3) is 0.250. The van der Waals surface area contributed by atoms with Crippen molar-refractivity contribution in [1.82, 2.24) is 9.80 Å². The van der Waals surface area contributed by atoms with E-state index >= 15 is 0 Å². The molecular weight excluding hydrogens is 348 g/mol. The summed E-state index contributed by atoms with van der Waals surface area (Å²) in [5, 5.41) is -0.199. The molecule has 3 amide bonds. The fourth-order valence-corrected chi connectivity index (χ4v) is 4.01. The van der Waals surface area contributed by atoms with Gasteiger partial charge in [0.25, 0.3) is 11.1 Å². The minimum Gasteiger partial charge on any atom is -0.334 e. The largest absolute Gasteiger partial charge is 0.334 e. The number of amides is 3. The highest BCUT2D eigenvalue weighted by Gasteiger charge is 2.43. The molecule has 2 fully saturated rings. The second-order valence-corrected chi connectivity index (χ2v) is 7.55. The van der Waals surface area contributed by atoms with Crippen molar-refractivity contribution in [3.8, 4) is 11.1 Å². The number of imide groups is 1. The smallest absolute Gasteiger partial charge is 0.289 e. The van der Waals surface area contributed by atoms with Crippen molar-refractivity contribution in [2.24, 2.45) is 0 Å². The predicted molar refractivity (Wildman–Crippen MR) is 101 cm³/mol. The van der Waals surface area contributed by atoms with Crippen LogP contribution in [0.15, 0.2) is 48.5 Å². The van der Waals surface area contributed by atoms with Gasteiger partial charge < -0.3 is 4.90 Å². The second-order valence-electron chi connectivity index (χ2n) is 6.63. The monoisotopic (exact) mass is 366 g/mol. The van der Waals surface area contributed by atoms with Gasteiger partial charge in [-0.3, -0.25) is 19.3 Å². The molecule has 2 aliphatic heterocycles. The van der Waals surface area contributed by atoms with E-state index < -0.39 is 0 Å². The molecule has 2 aromatic rings. The molecule has 0 saturated carbocycles. The molecule has 5 nitrogen and oxygen atoms in total. The van der Waals surface area contributed by atoms with Crippen molar-refractivity contribution in [3.05, 3.63) is 59.7 Å². The van der Waals surface area contributed by atoms with Crippen molar-refractivity contribution in [2.75, 3.05) is 18.8 Å². The quantitative estimate of drug-likeness (QED) is 0.837. The molecule has 0 spiro atoms. The molecule has 132 valence electrons. The molecule has 26 heavy (non-hydrogen) atoms. The Balaban J connectivity index is 1.41. The molecule has 2 aromatic carbocycles. The van der Waals surface area contributed by atoms with Crippen LogP contribution in [-0.4, -0.2) is 51.7 Å². The lowest BCUT2D eigenvalue weighted by Gasteiger charge is -2.42. The molecule has 0 radical (unpaired) electrons. The zero-order valence-electron chi connectivity index (χ0n) is 14.3. The summed E-state index contributed by atoms with van der Waals surface area (Å²) in [7, 11) is 0. The van der Waals surface area contributed by atoms with E-state index in [4.69, 9.17) is 0 Å². The number of hydrogen-bond donors (Lipinski definition) is 0. The highest BCUT2D eigenvalue weighted by molar-refractivity contribution is 8.14. The van der Waals surface area contributed by atoms with Gasteiger partial charge in [0, 0.05) is 18.7 Å². The maximum Gasteiger partial charge on any atom is 0.289 e. The number of rotatable bonds is 3. The first-order valence-corrected chi connectivity index (χ1v) is 9.47. The summed E-state index contributed by atoms with van der Waals surface area (Å²) < 4.78 is 0. The van der Waals surface area contributed by atoms with Crippen LogP contribution in [0.5, 0.6) is 0 Å². The Morgan fingerprint density at radius 3 is 2.08 bits per heavy atom. The van der Waals surface area contributed by atoms with E-state index in [1.807, 2.05) is 31.2 Å². The number of hydrogen-bond acceptors (Lipinski definition) is 4. The molecule has 0 bridgehead atoms. The van der Waals surface area contributed by atoms with E-state index in [1.165, 1.54) is 10.5 Å². The molecule has 0 aromatic heterocycles. The Hall–Kier alpha value is -2.60. The highest BCUT2D eigenvalue weighted by Crippen LogP contribution is 2.27. The lowest BCUT2D eigenvalue weighted by atomic mass is 10.0. The zero-order valence-corrected chi connectivity index (χ0v) is 15.2. The van der Waals surface area contributed by atoms with Gasteiger partial charge in [-0.1, -0.05) is 53.7 Å². The van der Waals surface area contributed by atoms with Crippen molar-refractivity contribution in [2.45, 2.75) is 13.0 Å². The van der Waals surface area contributed by atoms with Gasteiger partial charge in [-0.2, -0.15) is 0 Å². The Kier molecular flexibility index (Phi) is 4.28. The van der Waals surface area contributed by atoms with Crippen molar-refractivity contribution >= 4 is 28.8 Å². The normalized spacial score (nSPS) is 17.6. The Morgan fingerprint density at radius 1 is 0.962 bits per heavy atom. The third-order valence-electron chi connectivity index (χ3n) is 4.82. The van der Waals surface area contributed by atoms with Crippen molar-refractivity contribution < 1.29 is 14.4 Å². The zero-order chi connectivity index (χ0) is 18.3. The van der Waals surface area contributed by atoms with Crippen molar-refractivity contribution in [1.29, 1.82) is 0 Å². The molecule has 2 aliphatic rings. The number of aryl methyl sites for hydroxylation is 1. The number of nitrogens with zero attached hydrogens (tertiary/aromatic N) is 2. The molecule has 0 unspecified atom stereocenters. The molecule has 0 N–H and O–H groups in total. The lowest BCUT2D eigenvalue weighted by Crippen LogP contribution is -2.62. The summed E-state index contributed by atoms with van der Waals surface area (Å²) in [6.07, 6.45) is 0. The number of benzene rings is 2. The van der Waals surface area contributed by atoms with Crippen LogP contribution in [0.1, 0.15) is 15.9 Å². The lowest BCUT2D eigenvalue weighted by molar-refractivity contribution is -0.128. The maximum absolute atomic E-state index is 12.6. The van der Waals surface area contributed by atoms with Gasteiger partial charge in [-0.25, -0.2) is 0 Å².